The lowest BCUT2D eigenvalue weighted by Gasteiger charge is -1.94. The lowest BCUT2D eigenvalue weighted by Crippen LogP contribution is -1.88. The zero-order valence-electron chi connectivity index (χ0n) is 11.8. The number of hydrogen-bond donors (Lipinski definition) is 1. The molecule has 0 radical (unpaired) electrons. The maximum atomic E-state index is 13.0. The number of hydrogen-bond acceptors (Lipinski definition) is 5. The quantitative estimate of drug-likeness (QED) is 0.458. The van der Waals surface area contributed by atoms with Crippen molar-refractivity contribution in [2.75, 3.05) is 5.73 Å². The van der Waals surface area contributed by atoms with Crippen LogP contribution in [0, 0.1) is 24.4 Å². The zero-order valence-corrected chi connectivity index (χ0v) is 13.4. The van der Waals surface area contributed by atoms with Crippen molar-refractivity contribution < 1.29 is 13.2 Å². The summed E-state index contributed by atoms with van der Waals surface area (Å²) in [5, 5.41) is 1.15. The molecule has 4 aromatic rings. The number of nitrogen functional groups attached to an aromatic ring is 1. The third-order valence-corrected chi connectivity index (χ3v) is 4.78. The van der Waals surface area contributed by atoms with Crippen LogP contribution in [0.5, 0.6) is 0 Å². The molecule has 8 heteroatoms. The Morgan fingerprint density at radius 1 is 1.00 bits per heavy atom. The number of halogens is 3. The number of fused-ring (bicyclic) bond motifs is 2. The molecule has 0 bridgehead atoms. The highest BCUT2D eigenvalue weighted by Gasteiger charge is 2.15. The van der Waals surface area contributed by atoms with E-state index in [0.717, 1.165) is 21.6 Å². The van der Waals surface area contributed by atoms with Crippen molar-refractivity contribution in [1.29, 1.82) is 0 Å². The van der Waals surface area contributed by atoms with Gasteiger partial charge in [-0.15, -0.1) is 11.3 Å². The Morgan fingerprint density at radius 3 is 2.48 bits per heavy atom. The molecular weight excluding hydrogens is 343 g/mol. The maximum absolute atomic E-state index is 13.0. The topological polar surface area (TPSA) is 51.8 Å². The fourth-order valence-corrected chi connectivity index (χ4v) is 3.54. The molecule has 2 aromatic carbocycles. The van der Waals surface area contributed by atoms with Gasteiger partial charge in [-0.1, -0.05) is 23.5 Å². The molecule has 0 fully saturated rings. The van der Waals surface area contributed by atoms with Crippen LogP contribution in [0.3, 0.4) is 0 Å². The van der Waals surface area contributed by atoms with E-state index in [2.05, 4.69) is 9.97 Å². The van der Waals surface area contributed by atoms with E-state index < -0.39 is 17.5 Å². The van der Waals surface area contributed by atoms with Crippen LogP contribution in [0.25, 0.3) is 20.4 Å². The SMILES string of the molecule is Cc1nc2c(F)c(F)cc(F)c2s1.Nc1nc2ccccc2s1. The number of nitrogens with two attached hydrogens (primary N) is 1. The van der Waals surface area contributed by atoms with E-state index >= 15 is 0 Å². The molecular formula is C15H10F3N3S2. The molecule has 2 heterocycles. The van der Waals surface area contributed by atoms with Gasteiger partial charge in [-0.2, -0.15) is 0 Å². The van der Waals surface area contributed by atoms with Crippen molar-refractivity contribution in [2.24, 2.45) is 0 Å². The lowest BCUT2D eigenvalue weighted by atomic mass is 10.3. The number of nitrogens with zero attached hydrogens (tertiary/aromatic N) is 2. The Bertz CT molecular complexity index is 961. The highest BCUT2D eigenvalue weighted by atomic mass is 32.1. The van der Waals surface area contributed by atoms with Gasteiger partial charge < -0.3 is 5.73 Å². The van der Waals surface area contributed by atoms with E-state index in [1.807, 2.05) is 24.3 Å². The number of benzene rings is 2. The van der Waals surface area contributed by atoms with Gasteiger partial charge >= 0.3 is 0 Å². The fourth-order valence-electron chi connectivity index (χ4n) is 1.98. The Kier molecular flexibility index (Phi) is 4.18. The monoisotopic (exact) mass is 353 g/mol. The summed E-state index contributed by atoms with van der Waals surface area (Å²) in [7, 11) is 0. The van der Waals surface area contributed by atoms with E-state index in [9.17, 15) is 13.2 Å². The summed E-state index contributed by atoms with van der Waals surface area (Å²) >= 11 is 2.53. The molecule has 0 spiro atoms. The predicted octanol–water partition coefficient (Wildman–Crippen LogP) is 4.90. The van der Waals surface area contributed by atoms with Crippen molar-refractivity contribution in [2.45, 2.75) is 6.92 Å². The molecule has 23 heavy (non-hydrogen) atoms. The molecule has 0 aliphatic heterocycles. The molecule has 2 aromatic heterocycles. The zero-order chi connectivity index (χ0) is 16.6. The number of aromatic nitrogens is 2. The van der Waals surface area contributed by atoms with Crippen LogP contribution >= 0.6 is 22.7 Å². The van der Waals surface area contributed by atoms with Crippen LogP contribution in [0.2, 0.25) is 0 Å². The summed E-state index contributed by atoms with van der Waals surface area (Å²) in [6.45, 7) is 1.61. The number of rotatable bonds is 0. The van der Waals surface area contributed by atoms with E-state index in [1.54, 1.807) is 6.92 Å². The Balaban J connectivity index is 0.000000140. The van der Waals surface area contributed by atoms with E-state index in [1.165, 1.54) is 11.3 Å². The highest BCUT2D eigenvalue weighted by molar-refractivity contribution is 7.22. The number of aryl methyl sites for hydroxylation is 1. The fraction of sp³-hybridized carbons (Fsp3) is 0.0667. The molecule has 0 atom stereocenters. The van der Waals surface area contributed by atoms with Gasteiger partial charge in [0.25, 0.3) is 0 Å². The molecule has 0 aliphatic rings. The second kappa shape index (κ2) is 6.13. The molecule has 0 unspecified atom stereocenters. The van der Waals surface area contributed by atoms with Gasteiger partial charge in [-0.3, -0.25) is 0 Å². The van der Waals surface area contributed by atoms with Crippen molar-refractivity contribution in [3.8, 4) is 0 Å². The summed E-state index contributed by atoms with van der Waals surface area (Å²) in [6, 6.07) is 8.46. The molecule has 2 N–H and O–H groups in total. The normalized spacial score (nSPS) is 10.8. The van der Waals surface area contributed by atoms with Crippen LogP contribution < -0.4 is 5.73 Å². The van der Waals surface area contributed by atoms with Crippen LogP contribution in [-0.4, -0.2) is 9.97 Å². The summed E-state index contributed by atoms with van der Waals surface area (Å²) in [5.74, 6) is -3.05. The molecule has 0 saturated heterocycles. The van der Waals surface area contributed by atoms with E-state index in [4.69, 9.17) is 5.73 Å². The van der Waals surface area contributed by atoms with E-state index in [-0.39, 0.29) is 10.2 Å². The Hall–Kier alpha value is -2.19. The van der Waals surface area contributed by atoms with Gasteiger partial charge in [0.05, 0.1) is 19.9 Å². The number of anilines is 1. The minimum Gasteiger partial charge on any atom is -0.375 e. The van der Waals surface area contributed by atoms with Crippen LogP contribution in [0.15, 0.2) is 30.3 Å². The summed E-state index contributed by atoms with van der Waals surface area (Å²) in [6.07, 6.45) is 0. The van der Waals surface area contributed by atoms with Gasteiger partial charge in [-0.25, -0.2) is 23.1 Å². The highest BCUT2D eigenvalue weighted by Crippen LogP contribution is 2.28. The smallest absolute Gasteiger partial charge is 0.186 e. The minimum atomic E-state index is -1.20. The first-order valence-electron chi connectivity index (χ1n) is 6.47. The van der Waals surface area contributed by atoms with Gasteiger partial charge in [0.1, 0.15) is 11.3 Å². The third kappa shape index (κ3) is 3.13. The summed E-state index contributed by atoms with van der Waals surface area (Å²) in [4.78, 5) is 7.81. The first-order valence-corrected chi connectivity index (χ1v) is 8.10. The second-order valence-electron chi connectivity index (χ2n) is 4.58. The predicted molar refractivity (Wildman–Crippen MR) is 88.3 cm³/mol. The minimum absolute atomic E-state index is 0.0661. The summed E-state index contributed by atoms with van der Waals surface area (Å²) in [5.41, 5.74) is 6.27. The van der Waals surface area contributed by atoms with Gasteiger partial charge in [0, 0.05) is 6.07 Å². The van der Waals surface area contributed by atoms with Crippen LogP contribution in [-0.2, 0) is 0 Å². The first-order chi connectivity index (χ1) is 11.0. The standard InChI is InChI=1S/C8H4F3NS.C7H6N2S/c1-3-12-7-6(11)4(9)2-5(10)8(7)13-3;8-7-9-5-3-1-2-4-6(5)10-7/h2H,1H3;1-4H,(H2,8,9). The Labute approximate surface area is 137 Å². The van der Waals surface area contributed by atoms with Crippen LogP contribution in [0.1, 0.15) is 5.01 Å². The lowest BCUT2D eigenvalue weighted by molar-refractivity contribution is 0.505. The number of para-hydroxylation sites is 1. The van der Waals surface area contributed by atoms with Crippen molar-refractivity contribution >= 4 is 48.2 Å². The largest absolute Gasteiger partial charge is 0.375 e. The average Bonchev–Trinajstić information content (AvgIpc) is 3.07. The first kappa shape index (κ1) is 15.7. The molecule has 3 nitrogen and oxygen atoms in total. The Morgan fingerprint density at radius 2 is 1.74 bits per heavy atom. The molecule has 0 saturated carbocycles. The molecule has 118 valence electrons. The second-order valence-corrected chi connectivity index (χ2v) is 6.85. The van der Waals surface area contributed by atoms with Crippen LogP contribution in [0.4, 0.5) is 18.3 Å². The third-order valence-electron chi connectivity index (χ3n) is 2.93. The molecule has 0 aliphatic carbocycles. The molecule has 4 rings (SSSR count). The van der Waals surface area contributed by atoms with Gasteiger partial charge in [-0.05, 0) is 19.1 Å². The maximum Gasteiger partial charge on any atom is 0.186 e. The van der Waals surface area contributed by atoms with Crippen molar-refractivity contribution in [1.82, 2.24) is 9.97 Å². The number of thiazole rings is 2. The van der Waals surface area contributed by atoms with Crippen molar-refractivity contribution in [3.63, 3.8) is 0 Å². The summed E-state index contributed by atoms with van der Waals surface area (Å²) < 4.78 is 39.9. The van der Waals surface area contributed by atoms with Gasteiger partial charge in [0.2, 0.25) is 0 Å². The van der Waals surface area contributed by atoms with Gasteiger partial charge in [0.15, 0.2) is 16.8 Å². The van der Waals surface area contributed by atoms with E-state index in [0.29, 0.717) is 16.2 Å². The van der Waals surface area contributed by atoms with Crippen molar-refractivity contribution in [3.05, 3.63) is 52.8 Å². The molecule has 0 amide bonds. The average molecular weight is 353 g/mol.